The van der Waals surface area contributed by atoms with Crippen LogP contribution in [-0.4, -0.2) is 40.9 Å². The van der Waals surface area contributed by atoms with E-state index in [1.165, 1.54) is 22.7 Å². The summed E-state index contributed by atoms with van der Waals surface area (Å²) in [6, 6.07) is 6.44. The zero-order valence-electron chi connectivity index (χ0n) is 13.5. The molecule has 0 amide bonds. The smallest absolute Gasteiger partial charge is 0.226 e. The number of fused-ring (bicyclic) bond motifs is 1. The second-order valence-corrected chi connectivity index (χ2v) is 8.05. The highest BCUT2D eigenvalue weighted by molar-refractivity contribution is 7.17. The Labute approximate surface area is 148 Å². The van der Waals surface area contributed by atoms with E-state index in [1.54, 1.807) is 0 Å². The lowest BCUT2D eigenvalue weighted by atomic mass is 10.1. The average Bonchev–Trinajstić information content (AvgIpc) is 3.23. The van der Waals surface area contributed by atoms with E-state index in [9.17, 15) is 4.79 Å². The van der Waals surface area contributed by atoms with Crippen molar-refractivity contribution in [2.75, 3.05) is 18.0 Å². The lowest BCUT2D eigenvalue weighted by Gasteiger charge is -2.36. The summed E-state index contributed by atoms with van der Waals surface area (Å²) >= 11 is 2.97. The molecule has 0 saturated carbocycles. The highest BCUT2D eigenvalue weighted by atomic mass is 32.1. The number of nitrogens with zero attached hydrogens (tertiary/aromatic N) is 3. The third-order valence-electron chi connectivity index (χ3n) is 4.09. The van der Waals surface area contributed by atoms with E-state index in [1.807, 2.05) is 29.0 Å². The molecule has 2 atom stereocenters. The van der Waals surface area contributed by atoms with Crippen molar-refractivity contribution in [3.05, 3.63) is 39.5 Å². The lowest BCUT2D eigenvalue weighted by molar-refractivity contribution is 0.103. The van der Waals surface area contributed by atoms with Crippen LogP contribution >= 0.6 is 22.7 Å². The average molecular weight is 358 g/mol. The highest BCUT2D eigenvalue weighted by Crippen LogP contribution is 2.28. The van der Waals surface area contributed by atoms with Gasteiger partial charge in [-0.15, -0.1) is 22.7 Å². The van der Waals surface area contributed by atoms with Crippen LogP contribution in [0, 0.1) is 0 Å². The van der Waals surface area contributed by atoms with Crippen LogP contribution in [0.25, 0.3) is 10.2 Å². The first-order valence-electron chi connectivity index (χ1n) is 7.96. The Balaban J connectivity index is 1.79. The molecule has 0 spiro atoms. The Morgan fingerprint density at radius 1 is 1.17 bits per heavy atom. The summed E-state index contributed by atoms with van der Waals surface area (Å²) in [7, 11) is 0. The van der Waals surface area contributed by atoms with Crippen molar-refractivity contribution >= 4 is 44.6 Å². The summed E-state index contributed by atoms with van der Waals surface area (Å²) in [5, 5.41) is 7.40. The molecule has 0 bridgehead atoms. The van der Waals surface area contributed by atoms with Crippen LogP contribution in [0.1, 0.15) is 29.2 Å². The molecule has 4 rings (SSSR count). The predicted molar refractivity (Wildman–Crippen MR) is 99.4 cm³/mol. The molecule has 24 heavy (non-hydrogen) atoms. The number of rotatable bonds is 3. The number of carbonyl (C=O) groups excluding carboxylic acids is 1. The zero-order valence-corrected chi connectivity index (χ0v) is 15.2. The molecule has 3 aromatic rings. The number of nitrogens with one attached hydrogen (secondary N) is 1. The second-order valence-electron chi connectivity index (χ2n) is 6.19. The molecule has 1 N–H and O–H groups in total. The minimum absolute atomic E-state index is 0.0164. The molecule has 124 valence electrons. The molecular formula is C17H18N4OS2. The third kappa shape index (κ3) is 2.83. The Morgan fingerprint density at radius 3 is 2.67 bits per heavy atom. The van der Waals surface area contributed by atoms with Gasteiger partial charge in [-0.05, 0) is 36.7 Å². The molecule has 1 fully saturated rings. The maximum absolute atomic E-state index is 12.9. The van der Waals surface area contributed by atoms with Gasteiger partial charge in [0.05, 0.1) is 15.1 Å². The van der Waals surface area contributed by atoms with Crippen molar-refractivity contribution in [2.24, 2.45) is 0 Å². The van der Waals surface area contributed by atoms with Gasteiger partial charge in [-0.3, -0.25) is 4.79 Å². The van der Waals surface area contributed by atoms with Gasteiger partial charge in [0.2, 0.25) is 11.7 Å². The van der Waals surface area contributed by atoms with E-state index in [0.717, 1.165) is 28.2 Å². The Hall–Kier alpha value is -1.83. The van der Waals surface area contributed by atoms with Crippen LogP contribution in [0.4, 0.5) is 5.95 Å². The molecule has 1 saturated heterocycles. The van der Waals surface area contributed by atoms with Gasteiger partial charge in [0.25, 0.3) is 0 Å². The summed E-state index contributed by atoms with van der Waals surface area (Å²) in [5.74, 6) is 0.637. The quantitative estimate of drug-likeness (QED) is 0.729. The van der Waals surface area contributed by atoms with Gasteiger partial charge >= 0.3 is 0 Å². The zero-order chi connectivity index (χ0) is 16.7. The minimum Gasteiger partial charge on any atom is -0.338 e. The van der Waals surface area contributed by atoms with Crippen molar-refractivity contribution in [3.8, 4) is 0 Å². The molecule has 3 aromatic heterocycles. The van der Waals surface area contributed by atoms with Gasteiger partial charge in [-0.2, -0.15) is 0 Å². The van der Waals surface area contributed by atoms with Gasteiger partial charge < -0.3 is 10.2 Å². The summed E-state index contributed by atoms with van der Waals surface area (Å²) < 4.78 is 0.869. The van der Waals surface area contributed by atoms with Gasteiger partial charge in [0, 0.05) is 25.2 Å². The first kappa shape index (κ1) is 15.7. The first-order chi connectivity index (χ1) is 11.6. The normalized spacial score (nSPS) is 21.3. The van der Waals surface area contributed by atoms with Crippen LogP contribution in [0.15, 0.2) is 29.0 Å². The monoisotopic (exact) mass is 358 g/mol. The van der Waals surface area contributed by atoms with E-state index in [4.69, 9.17) is 4.98 Å². The number of carbonyl (C=O) groups is 1. The molecule has 5 nitrogen and oxygen atoms in total. The van der Waals surface area contributed by atoms with Crippen molar-refractivity contribution in [3.63, 3.8) is 0 Å². The molecule has 0 aromatic carbocycles. The fourth-order valence-electron chi connectivity index (χ4n) is 3.16. The van der Waals surface area contributed by atoms with E-state index < -0.39 is 0 Å². The number of aromatic nitrogens is 2. The summed E-state index contributed by atoms with van der Waals surface area (Å²) in [5.41, 5.74) is 1.37. The minimum atomic E-state index is -0.0164. The fraction of sp³-hybridized carbons (Fsp3) is 0.353. The maximum Gasteiger partial charge on any atom is 0.226 e. The van der Waals surface area contributed by atoms with E-state index in [0.29, 0.717) is 23.7 Å². The van der Waals surface area contributed by atoms with Crippen molar-refractivity contribution < 1.29 is 4.79 Å². The summed E-state index contributed by atoms with van der Waals surface area (Å²) in [6.45, 7) is 5.99. The standard InChI is InChI=1S/C17H18N4OS2/c1-10-8-21(9-11(2)18-10)17-19-12-5-7-24-16(12)14(20-17)15(22)13-4-3-6-23-13/h3-7,10-11,18H,8-9H2,1-2H3. The Bertz CT molecular complexity index is 864. The highest BCUT2D eigenvalue weighted by Gasteiger charge is 2.25. The van der Waals surface area contributed by atoms with Crippen molar-refractivity contribution in [1.29, 1.82) is 0 Å². The lowest BCUT2D eigenvalue weighted by Crippen LogP contribution is -2.54. The van der Waals surface area contributed by atoms with Gasteiger partial charge in [-0.1, -0.05) is 6.07 Å². The van der Waals surface area contributed by atoms with Gasteiger partial charge in [-0.25, -0.2) is 9.97 Å². The Morgan fingerprint density at radius 2 is 1.96 bits per heavy atom. The molecule has 1 aliphatic heterocycles. The molecule has 1 aliphatic rings. The van der Waals surface area contributed by atoms with Crippen LogP contribution < -0.4 is 10.2 Å². The molecule has 4 heterocycles. The third-order valence-corrected chi connectivity index (χ3v) is 5.87. The van der Waals surface area contributed by atoms with Gasteiger partial charge in [0.15, 0.2) is 0 Å². The number of hydrogen-bond donors (Lipinski definition) is 1. The topological polar surface area (TPSA) is 58.1 Å². The molecule has 7 heteroatoms. The molecule has 0 radical (unpaired) electrons. The first-order valence-corrected chi connectivity index (χ1v) is 9.72. The number of piperazine rings is 1. The SMILES string of the molecule is CC1CN(c2nc(C(=O)c3cccs3)c3sccc3n2)CC(C)N1. The van der Waals surface area contributed by atoms with E-state index >= 15 is 0 Å². The Kier molecular flexibility index (Phi) is 4.07. The second kappa shape index (κ2) is 6.23. The number of ketones is 1. The number of anilines is 1. The van der Waals surface area contributed by atoms with E-state index in [2.05, 4.69) is 29.0 Å². The van der Waals surface area contributed by atoms with Crippen LogP contribution in [0.5, 0.6) is 0 Å². The summed E-state index contributed by atoms with van der Waals surface area (Å²) in [4.78, 5) is 25.1. The predicted octanol–water partition coefficient (Wildman–Crippen LogP) is 3.17. The molecule has 0 aliphatic carbocycles. The maximum atomic E-state index is 12.9. The van der Waals surface area contributed by atoms with Crippen LogP contribution in [0.2, 0.25) is 0 Å². The number of hydrogen-bond acceptors (Lipinski definition) is 7. The fourth-order valence-corrected chi connectivity index (χ4v) is 4.64. The van der Waals surface area contributed by atoms with Gasteiger partial charge in [0.1, 0.15) is 5.69 Å². The molecule has 2 unspecified atom stereocenters. The molecular weight excluding hydrogens is 340 g/mol. The van der Waals surface area contributed by atoms with Crippen LogP contribution in [-0.2, 0) is 0 Å². The van der Waals surface area contributed by atoms with E-state index in [-0.39, 0.29) is 5.78 Å². The van der Waals surface area contributed by atoms with Crippen molar-refractivity contribution in [1.82, 2.24) is 15.3 Å². The largest absolute Gasteiger partial charge is 0.338 e. The van der Waals surface area contributed by atoms with Crippen molar-refractivity contribution in [2.45, 2.75) is 25.9 Å². The number of thiophene rings is 2. The van der Waals surface area contributed by atoms with Crippen LogP contribution in [0.3, 0.4) is 0 Å². The summed E-state index contributed by atoms with van der Waals surface area (Å²) in [6.07, 6.45) is 0.